The van der Waals surface area contributed by atoms with Crippen molar-refractivity contribution in [3.05, 3.63) is 74.5 Å². The fourth-order valence-corrected chi connectivity index (χ4v) is 3.79. The van der Waals surface area contributed by atoms with Gasteiger partial charge in [0.15, 0.2) is 5.82 Å². The van der Waals surface area contributed by atoms with E-state index >= 15 is 0 Å². The summed E-state index contributed by atoms with van der Waals surface area (Å²) in [5, 5.41) is 9.23. The fraction of sp³-hybridized carbons (Fsp3) is 0.320. The highest BCUT2D eigenvalue weighted by molar-refractivity contribution is 5.94. The number of hydrogen-bond acceptors (Lipinski definition) is 11. The van der Waals surface area contributed by atoms with Crippen LogP contribution in [0.25, 0.3) is 11.3 Å². The molecule has 0 saturated heterocycles. The molecule has 0 bridgehead atoms. The number of nitrogens with one attached hydrogen (secondary N) is 2. The maximum atomic E-state index is 13.3. The summed E-state index contributed by atoms with van der Waals surface area (Å²) >= 11 is 0. The molecule has 17 heteroatoms. The van der Waals surface area contributed by atoms with Crippen LogP contribution in [-0.4, -0.2) is 52.4 Å². The normalized spacial score (nSPS) is 12.5. The molecule has 2 N–H and O–H groups in total. The van der Waals surface area contributed by atoms with E-state index in [2.05, 4.69) is 40.7 Å². The molecule has 220 valence electrons. The maximum absolute atomic E-state index is 13.3. The topological polar surface area (TPSA) is 175 Å². The second-order valence-electron chi connectivity index (χ2n) is 8.95. The molecule has 0 saturated carbocycles. The highest BCUT2D eigenvalue weighted by Crippen LogP contribution is 2.27. The first-order valence-corrected chi connectivity index (χ1v) is 12.4. The third-order valence-electron chi connectivity index (χ3n) is 5.90. The third-order valence-corrected chi connectivity index (χ3v) is 5.90. The van der Waals surface area contributed by atoms with Crippen molar-refractivity contribution < 1.29 is 22.5 Å². The van der Waals surface area contributed by atoms with Crippen LogP contribution in [0.1, 0.15) is 37.0 Å². The number of alkyl halides is 3. The number of carbonyl (C=O) groups excluding carboxylic acids is 1. The number of aromatic nitrogens is 7. The average Bonchev–Trinajstić information content (AvgIpc) is 3.37. The fourth-order valence-electron chi connectivity index (χ4n) is 3.79. The molecule has 0 aliphatic heterocycles. The lowest BCUT2D eigenvalue weighted by molar-refractivity contribution is -0.145. The van der Waals surface area contributed by atoms with E-state index in [0.29, 0.717) is 5.82 Å². The van der Waals surface area contributed by atoms with Crippen LogP contribution in [0.15, 0.2) is 49.7 Å². The van der Waals surface area contributed by atoms with Crippen LogP contribution in [0.2, 0.25) is 0 Å². The third kappa shape index (κ3) is 6.63. The molecule has 4 heterocycles. The van der Waals surface area contributed by atoms with E-state index in [1.165, 1.54) is 30.0 Å². The summed E-state index contributed by atoms with van der Waals surface area (Å²) in [4.78, 5) is 58.3. The Bertz CT molecular complexity index is 1740. The van der Waals surface area contributed by atoms with Gasteiger partial charge in [-0.15, -0.1) is 0 Å². The number of amides is 1. The number of aryl methyl sites for hydroxylation is 1. The van der Waals surface area contributed by atoms with Crippen molar-refractivity contribution in [3.8, 4) is 11.3 Å². The Morgan fingerprint density at radius 1 is 1.19 bits per heavy atom. The molecular weight excluding hydrogens is 561 g/mol. The van der Waals surface area contributed by atoms with E-state index in [4.69, 9.17) is 4.52 Å². The summed E-state index contributed by atoms with van der Waals surface area (Å²) < 4.78 is 45.5. The van der Waals surface area contributed by atoms with E-state index in [1.54, 1.807) is 26.8 Å². The second kappa shape index (κ2) is 12.2. The van der Waals surface area contributed by atoms with Crippen molar-refractivity contribution in [2.75, 3.05) is 5.32 Å². The molecule has 4 aromatic rings. The number of aliphatic imine (C=N–C) groups is 1. The number of nitrogens with zero attached hydrogens (tertiary/aromatic N) is 8. The largest absolute Gasteiger partial charge is 0.451 e. The zero-order valence-electron chi connectivity index (χ0n) is 22.8. The molecule has 0 spiro atoms. The molecule has 0 radical (unpaired) electrons. The van der Waals surface area contributed by atoms with Gasteiger partial charge >= 0.3 is 11.9 Å². The van der Waals surface area contributed by atoms with Crippen LogP contribution in [0, 0.1) is 6.92 Å². The molecule has 14 nitrogen and oxygen atoms in total. The van der Waals surface area contributed by atoms with Crippen molar-refractivity contribution in [2.45, 2.75) is 46.1 Å². The average molecular weight is 587 g/mol. The lowest BCUT2D eigenvalue weighted by Gasteiger charge is -2.17. The highest BCUT2D eigenvalue weighted by atomic mass is 19.4. The SMILES string of the molecule is CC=Nc1c(CN[C@@H](C)C(=O)Nc2cccc(-c3cnc(C(F)(F)F)nc3)n2)c(=O)n(Cc2nc(C)no2)c(=O)n1C. The monoisotopic (exact) mass is 586 g/mol. The summed E-state index contributed by atoms with van der Waals surface area (Å²) in [6.45, 7) is 4.39. The minimum Gasteiger partial charge on any atom is -0.337 e. The Hall–Kier alpha value is -5.06. The standard InChI is InChI=1S/C25H25F3N10O4/c1-5-29-20-16(22(40)38(24(41)37(20)4)12-19-33-14(3)36-42-19)11-30-13(2)21(39)35-18-8-6-7-17(34-18)15-9-31-23(32-10-15)25(26,27)28/h5-10,13,30H,11-12H2,1-4H3,(H,34,35,39)/t13-/m0/s1. The van der Waals surface area contributed by atoms with Gasteiger partial charge in [0.2, 0.25) is 17.6 Å². The van der Waals surface area contributed by atoms with Crippen molar-refractivity contribution in [2.24, 2.45) is 12.0 Å². The first-order chi connectivity index (χ1) is 19.9. The van der Waals surface area contributed by atoms with Crippen LogP contribution in [0.5, 0.6) is 0 Å². The first kappa shape index (κ1) is 29.9. The Morgan fingerprint density at radius 2 is 1.90 bits per heavy atom. The van der Waals surface area contributed by atoms with Gasteiger partial charge in [0, 0.05) is 37.8 Å². The summed E-state index contributed by atoms with van der Waals surface area (Å²) in [5.41, 5.74) is -0.714. The number of rotatable bonds is 9. The molecule has 42 heavy (non-hydrogen) atoms. The van der Waals surface area contributed by atoms with Gasteiger partial charge in [0.05, 0.1) is 17.3 Å². The predicted molar refractivity (Wildman–Crippen MR) is 143 cm³/mol. The quantitative estimate of drug-likeness (QED) is 0.276. The Balaban J connectivity index is 1.51. The lowest BCUT2D eigenvalue weighted by atomic mass is 10.2. The summed E-state index contributed by atoms with van der Waals surface area (Å²) in [6, 6.07) is 3.73. The van der Waals surface area contributed by atoms with Crippen molar-refractivity contribution in [3.63, 3.8) is 0 Å². The van der Waals surface area contributed by atoms with Crippen LogP contribution in [-0.2, 0) is 31.1 Å². The van der Waals surface area contributed by atoms with E-state index in [1.807, 2.05) is 0 Å². The number of hydrogen-bond donors (Lipinski definition) is 2. The number of halogens is 3. The summed E-state index contributed by atoms with van der Waals surface area (Å²) in [7, 11) is 1.46. The summed E-state index contributed by atoms with van der Waals surface area (Å²) in [5.74, 6) is -1.15. The number of pyridine rings is 1. The van der Waals surface area contributed by atoms with Crippen LogP contribution >= 0.6 is 0 Å². The highest BCUT2D eigenvalue weighted by Gasteiger charge is 2.34. The van der Waals surface area contributed by atoms with Gasteiger partial charge in [0.1, 0.15) is 18.2 Å². The lowest BCUT2D eigenvalue weighted by Crippen LogP contribution is -2.44. The molecule has 4 rings (SSSR count). The molecule has 4 aromatic heterocycles. The zero-order valence-corrected chi connectivity index (χ0v) is 22.8. The molecule has 0 aliphatic rings. The molecule has 0 unspecified atom stereocenters. The first-order valence-electron chi connectivity index (χ1n) is 12.4. The van der Waals surface area contributed by atoms with Crippen LogP contribution in [0.3, 0.4) is 0 Å². The predicted octanol–water partition coefficient (Wildman–Crippen LogP) is 2.00. The summed E-state index contributed by atoms with van der Waals surface area (Å²) in [6.07, 6.45) is -1.27. The maximum Gasteiger partial charge on any atom is 0.451 e. The van der Waals surface area contributed by atoms with Gasteiger partial charge in [-0.2, -0.15) is 18.2 Å². The minimum absolute atomic E-state index is 0.0719. The Kier molecular flexibility index (Phi) is 8.70. The van der Waals surface area contributed by atoms with Gasteiger partial charge in [-0.05, 0) is 32.9 Å². The van der Waals surface area contributed by atoms with Gasteiger partial charge in [-0.25, -0.2) is 24.7 Å². The molecule has 0 fully saturated rings. The molecule has 0 aliphatic carbocycles. The van der Waals surface area contributed by atoms with Gasteiger partial charge in [-0.1, -0.05) is 11.2 Å². The van der Waals surface area contributed by atoms with Gasteiger partial charge in [-0.3, -0.25) is 18.7 Å². The number of carbonyl (C=O) groups is 1. The number of anilines is 1. The Labute approximate surface area is 235 Å². The van der Waals surface area contributed by atoms with E-state index in [-0.39, 0.29) is 47.4 Å². The molecule has 0 aromatic carbocycles. The molecular formula is C25H25F3N10O4. The van der Waals surface area contributed by atoms with Crippen molar-refractivity contribution in [1.29, 1.82) is 0 Å². The van der Waals surface area contributed by atoms with E-state index < -0.39 is 35.2 Å². The molecule has 1 amide bonds. The zero-order chi connectivity index (χ0) is 30.6. The van der Waals surface area contributed by atoms with Gasteiger partial charge in [0.25, 0.3) is 5.56 Å². The van der Waals surface area contributed by atoms with Crippen molar-refractivity contribution in [1.82, 2.24) is 39.5 Å². The second-order valence-corrected chi connectivity index (χ2v) is 8.95. The van der Waals surface area contributed by atoms with Crippen LogP contribution < -0.4 is 21.9 Å². The minimum atomic E-state index is -4.68. The van der Waals surface area contributed by atoms with Gasteiger partial charge < -0.3 is 15.2 Å². The van der Waals surface area contributed by atoms with Crippen molar-refractivity contribution >= 4 is 23.8 Å². The molecule has 1 atom stereocenters. The smallest absolute Gasteiger partial charge is 0.337 e. The van der Waals surface area contributed by atoms with E-state index in [0.717, 1.165) is 17.0 Å². The van der Waals surface area contributed by atoms with E-state index in [9.17, 15) is 27.6 Å². The van der Waals surface area contributed by atoms with Crippen LogP contribution in [0.4, 0.5) is 24.8 Å². The Morgan fingerprint density at radius 3 is 2.52 bits per heavy atom.